The first-order valence-corrected chi connectivity index (χ1v) is 6.61. The molecular weight excluding hydrogens is 249 g/mol. The molecule has 94 valence electrons. The lowest BCUT2D eigenvalue weighted by atomic mass is 10.1. The lowest BCUT2D eigenvalue weighted by molar-refractivity contribution is 0.203. The smallest absolute Gasteiger partial charge is 0.124 e. The molecule has 0 radical (unpaired) electrons. The average Bonchev–Trinajstić information content (AvgIpc) is 2.36. The molecule has 4 heteroatoms. The van der Waals surface area contributed by atoms with E-state index in [4.69, 9.17) is 0 Å². The number of thioether (sulfide) groups is 1. The molecule has 1 aromatic heterocycles. The van der Waals surface area contributed by atoms with Crippen molar-refractivity contribution in [2.75, 3.05) is 5.75 Å². The fourth-order valence-electron chi connectivity index (χ4n) is 1.59. The summed E-state index contributed by atoms with van der Waals surface area (Å²) >= 11 is 1.43. The van der Waals surface area contributed by atoms with Crippen molar-refractivity contribution in [2.45, 2.75) is 17.9 Å². The molecule has 0 aliphatic rings. The Kier molecular flexibility index (Phi) is 4.33. The molecule has 0 amide bonds. The Bertz CT molecular complexity index is 533. The van der Waals surface area contributed by atoms with E-state index in [1.807, 2.05) is 19.1 Å². The van der Waals surface area contributed by atoms with E-state index in [9.17, 15) is 9.50 Å². The molecule has 1 atom stereocenters. The minimum atomic E-state index is -0.592. The summed E-state index contributed by atoms with van der Waals surface area (Å²) in [6, 6.07) is 8.27. The van der Waals surface area contributed by atoms with Crippen LogP contribution < -0.4 is 0 Å². The summed E-state index contributed by atoms with van der Waals surface area (Å²) in [6.07, 6.45) is 2.81. The van der Waals surface area contributed by atoms with Crippen molar-refractivity contribution in [1.29, 1.82) is 0 Å². The molecule has 1 unspecified atom stereocenters. The molecule has 1 N–H and O–H groups in total. The van der Waals surface area contributed by atoms with Crippen LogP contribution in [0.5, 0.6) is 0 Å². The molecule has 0 aliphatic heterocycles. The number of hydrogen-bond acceptors (Lipinski definition) is 3. The molecule has 0 saturated heterocycles. The maximum atomic E-state index is 13.0. The van der Waals surface area contributed by atoms with Crippen LogP contribution in [0.4, 0.5) is 4.39 Å². The molecule has 0 fully saturated rings. The number of aryl methyl sites for hydroxylation is 1. The van der Waals surface area contributed by atoms with Crippen molar-refractivity contribution in [2.24, 2.45) is 0 Å². The van der Waals surface area contributed by atoms with E-state index < -0.39 is 6.10 Å². The van der Waals surface area contributed by atoms with Gasteiger partial charge in [-0.1, -0.05) is 12.1 Å². The number of benzene rings is 1. The number of halogens is 1. The third-order valence-electron chi connectivity index (χ3n) is 2.48. The Balaban J connectivity index is 1.98. The molecule has 1 aromatic carbocycles. The van der Waals surface area contributed by atoms with E-state index in [1.54, 1.807) is 18.5 Å². The van der Waals surface area contributed by atoms with Gasteiger partial charge in [0.05, 0.1) is 6.10 Å². The number of rotatable bonds is 4. The van der Waals surface area contributed by atoms with Crippen molar-refractivity contribution in [3.05, 3.63) is 59.7 Å². The third kappa shape index (κ3) is 3.55. The van der Waals surface area contributed by atoms with Gasteiger partial charge >= 0.3 is 0 Å². The van der Waals surface area contributed by atoms with Gasteiger partial charge in [0.15, 0.2) is 0 Å². The van der Waals surface area contributed by atoms with Crippen LogP contribution in [0, 0.1) is 12.7 Å². The molecule has 1 heterocycles. The Morgan fingerprint density at radius 2 is 2.17 bits per heavy atom. The second kappa shape index (κ2) is 5.98. The van der Waals surface area contributed by atoms with E-state index >= 15 is 0 Å². The number of aliphatic hydroxyl groups excluding tert-OH is 1. The predicted molar refractivity (Wildman–Crippen MR) is 71.1 cm³/mol. The van der Waals surface area contributed by atoms with Crippen LogP contribution in [0.15, 0.2) is 47.6 Å². The zero-order chi connectivity index (χ0) is 13.0. The first-order valence-electron chi connectivity index (χ1n) is 5.63. The summed E-state index contributed by atoms with van der Waals surface area (Å²) in [7, 11) is 0. The van der Waals surface area contributed by atoms with Gasteiger partial charge in [-0.05, 0) is 36.2 Å². The Morgan fingerprint density at radius 1 is 1.33 bits per heavy atom. The minimum Gasteiger partial charge on any atom is -0.387 e. The van der Waals surface area contributed by atoms with Gasteiger partial charge in [0, 0.05) is 23.0 Å². The second-order valence-electron chi connectivity index (χ2n) is 4.08. The van der Waals surface area contributed by atoms with E-state index in [2.05, 4.69) is 4.98 Å². The van der Waals surface area contributed by atoms with Crippen molar-refractivity contribution in [3.8, 4) is 0 Å². The highest BCUT2D eigenvalue weighted by Gasteiger charge is 2.09. The lowest BCUT2D eigenvalue weighted by Crippen LogP contribution is -2.01. The number of hydrogen-bond donors (Lipinski definition) is 1. The fraction of sp³-hybridized carbons (Fsp3) is 0.214. The zero-order valence-corrected chi connectivity index (χ0v) is 10.8. The largest absolute Gasteiger partial charge is 0.387 e. The SMILES string of the molecule is Cc1cncc(C(O)CSc2cccc(F)c2)c1. The van der Waals surface area contributed by atoms with Gasteiger partial charge < -0.3 is 5.11 Å². The second-order valence-corrected chi connectivity index (χ2v) is 5.17. The van der Waals surface area contributed by atoms with Gasteiger partial charge in [0.25, 0.3) is 0 Å². The number of aliphatic hydroxyl groups is 1. The minimum absolute atomic E-state index is 0.258. The summed E-state index contributed by atoms with van der Waals surface area (Å²) in [6.45, 7) is 1.93. The Hall–Kier alpha value is -1.39. The van der Waals surface area contributed by atoms with Gasteiger partial charge in [-0.2, -0.15) is 0 Å². The van der Waals surface area contributed by atoms with Crippen molar-refractivity contribution < 1.29 is 9.50 Å². The van der Waals surface area contributed by atoms with Gasteiger partial charge in [0.2, 0.25) is 0 Å². The summed E-state index contributed by atoms with van der Waals surface area (Å²) in [5, 5.41) is 10.0. The monoisotopic (exact) mass is 263 g/mol. The summed E-state index contributed by atoms with van der Waals surface area (Å²) < 4.78 is 13.0. The molecule has 2 nitrogen and oxygen atoms in total. The van der Waals surface area contributed by atoms with E-state index in [0.717, 1.165) is 16.0 Å². The molecular formula is C14H14FNOS. The van der Waals surface area contributed by atoms with Crippen LogP contribution in [0.25, 0.3) is 0 Å². The van der Waals surface area contributed by atoms with Crippen LogP contribution >= 0.6 is 11.8 Å². The summed E-state index contributed by atoms with van der Waals surface area (Å²) in [5.41, 5.74) is 1.81. The first kappa shape index (κ1) is 13.1. The Morgan fingerprint density at radius 3 is 2.89 bits per heavy atom. The number of aromatic nitrogens is 1. The van der Waals surface area contributed by atoms with E-state index in [1.165, 1.54) is 23.9 Å². The topological polar surface area (TPSA) is 33.1 Å². The molecule has 0 bridgehead atoms. The average molecular weight is 263 g/mol. The Labute approximate surface area is 110 Å². The lowest BCUT2D eigenvalue weighted by Gasteiger charge is -2.10. The van der Waals surface area contributed by atoms with E-state index in [-0.39, 0.29) is 5.82 Å². The van der Waals surface area contributed by atoms with Crippen molar-refractivity contribution >= 4 is 11.8 Å². The van der Waals surface area contributed by atoms with Crippen molar-refractivity contribution in [1.82, 2.24) is 4.98 Å². The molecule has 18 heavy (non-hydrogen) atoms. The van der Waals surface area contributed by atoms with Gasteiger partial charge in [-0.25, -0.2) is 4.39 Å². The van der Waals surface area contributed by atoms with Gasteiger partial charge in [-0.15, -0.1) is 11.8 Å². The molecule has 0 saturated carbocycles. The van der Waals surface area contributed by atoms with Crippen LogP contribution in [0.3, 0.4) is 0 Å². The number of pyridine rings is 1. The molecule has 0 aliphatic carbocycles. The first-order chi connectivity index (χ1) is 8.65. The standard InChI is InChI=1S/C14H14FNOS/c1-10-5-11(8-16-7-10)14(17)9-18-13-4-2-3-12(15)6-13/h2-8,14,17H,9H2,1H3. The normalized spacial score (nSPS) is 12.4. The number of nitrogens with zero attached hydrogens (tertiary/aromatic N) is 1. The van der Waals surface area contributed by atoms with Gasteiger partial charge in [0.1, 0.15) is 5.82 Å². The predicted octanol–water partition coefficient (Wildman–Crippen LogP) is 3.35. The zero-order valence-electron chi connectivity index (χ0n) is 10.0. The van der Waals surface area contributed by atoms with Crippen LogP contribution in [0.1, 0.15) is 17.2 Å². The van der Waals surface area contributed by atoms with E-state index in [0.29, 0.717) is 5.75 Å². The van der Waals surface area contributed by atoms with Crippen molar-refractivity contribution in [3.63, 3.8) is 0 Å². The summed E-state index contributed by atoms with van der Waals surface area (Å²) in [5.74, 6) is 0.223. The maximum Gasteiger partial charge on any atom is 0.124 e. The maximum absolute atomic E-state index is 13.0. The highest BCUT2D eigenvalue weighted by Crippen LogP contribution is 2.25. The van der Waals surface area contributed by atoms with Crippen LogP contribution in [0.2, 0.25) is 0 Å². The molecule has 0 spiro atoms. The molecule has 2 rings (SSSR count). The molecule has 2 aromatic rings. The highest BCUT2D eigenvalue weighted by molar-refractivity contribution is 7.99. The van der Waals surface area contributed by atoms with Crippen LogP contribution in [-0.2, 0) is 0 Å². The fourth-order valence-corrected chi connectivity index (χ4v) is 2.50. The third-order valence-corrected chi connectivity index (χ3v) is 3.55. The highest BCUT2D eigenvalue weighted by atomic mass is 32.2. The van der Waals surface area contributed by atoms with Crippen LogP contribution in [-0.4, -0.2) is 15.8 Å². The quantitative estimate of drug-likeness (QED) is 0.859. The summed E-state index contributed by atoms with van der Waals surface area (Å²) in [4.78, 5) is 4.86. The van der Waals surface area contributed by atoms with Gasteiger partial charge in [-0.3, -0.25) is 4.98 Å².